The molecular weight excluding hydrogens is 429 g/mol. The lowest BCUT2D eigenvalue weighted by molar-refractivity contribution is -0.117. The molecule has 3 rings (SSSR count). The molecule has 0 aliphatic carbocycles. The number of nitrogens with zero attached hydrogens (tertiary/aromatic N) is 3. The average molecular weight is 446 g/mol. The number of amides is 3. The van der Waals surface area contributed by atoms with E-state index in [0.29, 0.717) is 16.4 Å². The van der Waals surface area contributed by atoms with Gasteiger partial charge in [0.05, 0.1) is 16.5 Å². The minimum Gasteiger partial charge on any atom is -0.334 e. The van der Waals surface area contributed by atoms with Crippen molar-refractivity contribution in [3.8, 4) is 17.1 Å². The summed E-state index contributed by atoms with van der Waals surface area (Å²) in [5.41, 5.74) is 0.777. The smallest absolute Gasteiger partial charge is 0.321 e. The van der Waals surface area contributed by atoms with Gasteiger partial charge in [0.1, 0.15) is 5.82 Å². The number of aromatic nitrogens is 3. The lowest BCUT2D eigenvalue weighted by atomic mass is 10.2. The van der Waals surface area contributed by atoms with Crippen molar-refractivity contribution in [2.45, 2.75) is 5.16 Å². The molecule has 0 aliphatic heterocycles. The van der Waals surface area contributed by atoms with Gasteiger partial charge in [-0.05, 0) is 24.3 Å². The first-order chi connectivity index (χ1) is 14.5. The van der Waals surface area contributed by atoms with Crippen molar-refractivity contribution in [3.05, 3.63) is 72.0 Å². The maximum atomic E-state index is 14.6. The van der Waals surface area contributed by atoms with Gasteiger partial charge in [0.25, 0.3) is 0 Å². The zero-order valence-corrected chi connectivity index (χ0v) is 17.2. The number of imide groups is 1. The number of carbonyl (C=O) groups is 2. The summed E-state index contributed by atoms with van der Waals surface area (Å²) in [6, 6.07) is 12.5. The van der Waals surface area contributed by atoms with Crippen molar-refractivity contribution < 1.29 is 14.0 Å². The minimum absolute atomic E-state index is 0.128. The van der Waals surface area contributed by atoms with Crippen LogP contribution in [0.2, 0.25) is 5.02 Å². The number of nitrogens with one attached hydrogen (secondary N) is 2. The Morgan fingerprint density at radius 3 is 2.63 bits per heavy atom. The average Bonchev–Trinajstić information content (AvgIpc) is 3.15. The van der Waals surface area contributed by atoms with Crippen molar-refractivity contribution in [2.24, 2.45) is 0 Å². The molecule has 1 heterocycles. The van der Waals surface area contributed by atoms with Crippen LogP contribution >= 0.6 is 23.4 Å². The fourth-order valence-electron chi connectivity index (χ4n) is 2.53. The highest BCUT2D eigenvalue weighted by atomic mass is 35.5. The Morgan fingerprint density at radius 2 is 1.90 bits per heavy atom. The number of rotatable bonds is 7. The Labute approximate surface area is 181 Å². The molecule has 154 valence electrons. The number of carbonyl (C=O) groups excluding carboxylic acids is 2. The zero-order chi connectivity index (χ0) is 21.5. The Hall–Kier alpha value is -3.17. The Balaban J connectivity index is 1.89. The van der Waals surface area contributed by atoms with Gasteiger partial charge in [-0.25, -0.2) is 9.18 Å². The first-order valence-corrected chi connectivity index (χ1v) is 10.1. The van der Waals surface area contributed by atoms with Crippen LogP contribution in [0.25, 0.3) is 17.1 Å². The van der Waals surface area contributed by atoms with Gasteiger partial charge in [-0.15, -0.1) is 16.8 Å². The number of benzene rings is 2. The van der Waals surface area contributed by atoms with Crippen LogP contribution in [0.1, 0.15) is 0 Å². The van der Waals surface area contributed by atoms with Gasteiger partial charge in [0.15, 0.2) is 11.0 Å². The lowest BCUT2D eigenvalue weighted by Gasteiger charge is -2.12. The van der Waals surface area contributed by atoms with Crippen LogP contribution in [0.5, 0.6) is 0 Å². The van der Waals surface area contributed by atoms with Gasteiger partial charge < -0.3 is 5.32 Å². The van der Waals surface area contributed by atoms with Crippen LogP contribution in [-0.4, -0.2) is 39.0 Å². The molecule has 0 unspecified atom stereocenters. The van der Waals surface area contributed by atoms with Crippen molar-refractivity contribution in [1.82, 2.24) is 25.4 Å². The van der Waals surface area contributed by atoms with Crippen LogP contribution < -0.4 is 10.6 Å². The van der Waals surface area contributed by atoms with Crippen LogP contribution in [0, 0.1) is 5.82 Å². The van der Waals surface area contributed by atoms with Crippen molar-refractivity contribution in [1.29, 1.82) is 0 Å². The van der Waals surface area contributed by atoms with Gasteiger partial charge in [0.2, 0.25) is 5.91 Å². The molecule has 0 spiro atoms. The fraction of sp³-hybridized carbons (Fsp3) is 0.100. The maximum absolute atomic E-state index is 14.6. The van der Waals surface area contributed by atoms with Gasteiger partial charge in [0, 0.05) is 12.1 Å². The van der Waals surface area contributed by atoms with E-state index in [0.717, 1.165) is 11.8 Å². The van der Waals surface area contributed by atoms with Crippen molar-refractivity contribution in [3.63, 3.8) is 0 Å². The predicted octanol–water partition coefficient (Wildman–Crippen LogP) is 3.83. The van der Waals surface area contributed by atoms with E-state index in [1.165, 1.54) is 16.7 Å². The van der Waals surface area contributed by atoms with Crippen LogP contribution in [0.15, 0.2) is 66.3 Å². The zero-order valence-electron chi connectivity index (χ0n) is 15.6. The van der Waals surface area contributed by atoms with E-state index in [1.54, 1.807) is 42.5 Å². The normalized spacial score (nSPS) is 10.5. The topological polar surface area (TPSA) is 88.9 Å². The largest absolute Gasteiger partial charge is 0.334 e. The molecule has 10 heteroatoms. The Bertz CT molecular complexity index is 1090. The summed E-state index contributed by atoms with van der Waals surface area (Å²) < 4.78 is 16.1. The van der Waals surface area contributed by atoms with Gasteiger partial charge in [-0.3, -0.25) is 14.7 Å². The summed E-state index contributed by atoms with van der Waals surface area (Å²) in [5.74, 6) is -0.821. The lowest BCUT2D eigenvalue weighted by Crippen LogP contribution is -2.40. The second-order valence-corrected chi connectivity index (χ2v) is 7.26. The van der Waals surface area contributed by atoms with Gasteiger partial charge in [-0.1, -0.05) is 53.7 Å². The molecule has 7 nitrogen and oxygen atoms in total. The SMILES string of the molecule is C=CCNC(=O)NC(=O)CSc1nnc(-c2ccccc2Cl)n1-c1ccccc1F. The number of halogens is 2. The summed E-state index contributed by atoms with van der Waals surface area (Å²) >= 11 is 7.31. The summed E-state index contributed by atoms with van der Waals surface area (Å²) in [4.78, 5) is 23.7. The van der Waals surface area contributed by atoms with E-state index < -0.39 is 17.8 Å². The van der Waals surface area contributed by atoms with E-state index in [4.69, 9.17) is 11.6 Å². The molecule has 0 atom stereocenters. The Morgan fingerprint density at radius 1 is 1.17 bits per heavy atom. The molecule has 0 bridgehead atoms. The standard InChI is InChI=1S/C20H17ClFN5O2S/c1-2-11-23-19(29)24-17(28)12-30-20-26-25-18(13-7-3-4-8-14(13)21)27(20)16-10-6-5-9-15(16)22/h2-10H,1,11-12H2,(H2,23,24,28,29). The van der Waals surface area contributed by atoms with Crippen molar-refractivity contribution in [2.75, 3.05) is 12.3 Å². The predicted molar refractivity (Wildman–Crippen MR) is 114 cm³/mol. The fourth-order valence-corrected chi connectivity index (χ4v) is 3.50. The van der Waals surface area contributed by atoms with Gasteiger partial charge in [-0.2, -0.15) is 0 Å². The van der Waals surface area contributed by atoms with Crippen molar-refractivity contribution >= 4 is 35.3 Å². The monoisotopic (exact) mass is 445 g/mol. The summed E-state index contributed by atoms with van der Waals surface area (Å²) in [7, 11) is 0. The molecule has 0 saturated carbocycles. The third-order valence-corrected chi connectivity index (χ3v) is 5.09. The number of hydrogen-bond donors (Lipinski definition) is 2. The molecule has 3 amide bonds. The Kier molecular flexibility index (Phi) is 7.21. The second kappa shape index (κ2) is 10.0. The van der Waals surface area contributed by atoms with E-state index in [9.17, 15) is 14.0 Å². The molecular formula is C20H17ClFN5O2S. The number of thioether (sulfide) groups is 1. The maximum Gasteiger partial charge on any atom is 0.321 e. The third kappa shape index (κ3) is 5.05. The molecule has 0 radical (unpaired) electrons. The molecule has 2 N–H and O–H groups in total. The highest BCUT2D eigenvalue weighted by molar-refractivity contribution is 7.99. The number of hydrogen-bond acceptors (Lipinski definition) is 5. The van der Waals surface area contributed by atoms with Crippen LogP contribution in [0.3, 0.4) is 0 Å². The minimum atomic E-state index is -0.632. The highest BCUT2D eigenvalue weighted by Gasteiger charge is 2.21. The number of urea groups is 1. The molecule has 0 saturated heterocycles. The molecule has 3 aromatic rings. The van der Waals surface area contributed by atoms with Crippen LogP contribution in [-0.2, 0) is 4.79 Å². The quantitative estimate of drug-likeness (QED) is 0.426. The molecule has 0 fully saturated rings. The molecule has 0 aliphatic rings. The van der Waals surface area contributed by atoms with Gasteiger partial charge >= 0.3 is 6.03 Å². The summed E-state index contributed by atoms with van der Waals surface area (Å²) in [6.45, 7) is 3.71. The molecule has 30 heavy (non-hydrogen) atoms. The third-order valence-electron chi connectivity index (χ3n) is 3.83. The second-order valence-electron chi connectivity index (χ2n) is 5.91. The van der Waals surface area contributed by atoms with E-state index in [2.05, 4.69) is 27.4 Å². The molecule has 2 aromatic carbocycles. The highest BCUT2D eigenvalue weighted by Crippen LogP contribution is 2.32. The summed E-state index contributed by atoms with van der Waals surface area (Å²) in [6.07, 6.45) is 1.49. The van der Waals surface area contributed by atoms with E-state index in [1.807, 2.05) is 0 Å². The summed E-state index contributed by atoms with van der Waals surface area (Å²) in [5, 5.41) is 13.6. The molecule has 1 aromatic heterocycles. The van der Waals surface area contributed by atoms with E-state index in [-0.39, 0.29) is 23.1 Å². The van der Waals surface area contributed by atoms with Crippen LogP contribution in [0.4, 0.5) is 9.18 Å². The van der Waals surface area contributed by atoms with E-state index >= 15 is 0 Å². The first kappa shape index (κ1) is 21.5. The number of para-hydroxylation sites is 1. The first-order valence-electron chi connectivity index (χ1n) is 8.78.